The first-order chi connectivity index (χ1) is 12.2. The van der Waals surface area contributed by atoms with E-state index in [0.29, 0.717) is 5.65 Å². The molecule has 10 heteroatoms. The van der Waals surface area contributed by atoms with E-state index in [0.717, 1.165) is 46.9 Å². The van der Waals surface area contributed by atoms with Crippen LogP contribution in [-0.4, -0.2) is 33.3 Å². The summed E-state index contributed by atoms with van der Waals surface area (Å²) in [6.07, 6.45) is 2.65. The molecule has 0 unspecified atom stereocenters. The van der Waals surface area contributed by atoms with Crippen molar-refractivity contribution in [3.8, 4) is 11.8 Å². The fourth-order valence-corrected chi connectivity index (χ4v) is 4.16. The number of aromatic nitrogens is 4. The molecule has 0 aromatic carbocycles. The van der Waals surface area contributed by atoms with Crippen molar-refractivity contribution in [3.05, 3.63) is 32.1 Å². The van der Waals surface area contributed by atoms with Crippen LogP contribution in [0.15, 0.2) is 16.7 Å². The molecule has 0 saturated heterocycles. The fraction of sp³-hybridized carbons (Fsp3) is 0.353. The Morgan fingerprint density at radius 3 is 2.85 bits per heavy atom. The van der Waals surface area contributed by atoms with Crippen LogP contribution in [0.25, 0.3) is 11.2 Å². The van der Waals surface area contributed by atoms with Crippen LogP contribution in [0.1, 0.15) is 28.7 Å². The molecule has 0 atom stereocenters. The summed E-state index contributed by atoms with van der Waals surface area (Å²) in [6.45, 7) is 6.61. The van der Waals surface area contributed by atoms with E-state index in [9.17, 15) is 0 Å². The van der Waals surface area contributed by atoms with E-state index in [-0.39, 0.29) is 24.8 Å². The summed E-state index contributed by atoms with van der Waals surface area (Å²) in [7, 11) is 0. The predicted octanol–water partition coefficient (Wildman–Crippen LogP) is 4.29. The highest BCUT2D eigenvalue weighted by molar-refractivity contribution is 9.10. The molecule has 6 nitrogen and oxygen atoms in total. The minimum Gasteiger partial charge on any atom is -0.356 e. The van der Waals surface area contributed by atoms with E-state index in [1.165, 1.54) is 10.4 Å². The van der Waals surface area contributed by atoms with Crippen molar-refractivity contribution in [2.45, 2.75) is 26.8 Å². The lowest BCUT2D eigenvalue weighted by Gasteiger charge is -2.05. The third-order valence-corrected chi connectivity index (χ3v) is 6.15. The molecule has 3 rings (SSSR count). The Morgan fingerprint density at radius 1 is 1.30 bits per heavy atom. The molecule has 3 heterocycles. The average molecular weight is 492 g/mol. The van der Waals surface area contributed by atoms with Gasteiger partial charge in [0.15, 0.2) is 0 Å². The smallest absolute Gasteiger partial charge is 0.202 e. The molecule has 0 aliphatic rings. The van der Waals surface area contributed by atoms with E-state index < -0.39 is 0 Å². The standard InChI is InChI=1S/C17H19BrN6S.2ClH/c1-3-5-13-15(18)11(2)14(25-13)10-19-7-4-8-20-17-22-12-6-9-21-24-16(12)23-17;;/h6,9,19H,4,7-8,10H2,1-2H3,(H2,20,22,23,24);2*1H. The van der Waals surface area contributed by atoms with Gasteiger partial charge in [0.05, 0.1) is 16.6 Å². The second-order valence-electron chi connectivity index (χ2n) is 5.48. The maximum absolute atomic E-state index is 4.34. The number of aromatic amines is 1. The predicted molar refractivity (Wildman–Crippen MR) is 120 cm³/mol. The lowest BCUT2D eigenvalue weighted by molar-refractivity contribution is 0.666. The first-order valence-electron chi connectivity index (χ1n) is 8.01. The van der Waals surface area contributed by atoms with Gasteiger partial charge >= 0.3 is 0 Å². The largest absolute Gasteiger partial charge is 0.356 e. The fourth-order valence-electron chi connectivity index (χ4n) is 2.37. The van der Waals surface area contributed by atoms with E-state index in [1.807, 2.05) is 13.0 Å². The molecule has 3 aromatic rings. The van der Waals surface area contributed by atoms with E-state index in [2.05, 4.69) is 65.5 Å². The highest BCUT2D eigenvalue weighted by atomic mass is 79.9. The van der Waals surface area contributed by atoms with Gasteiger partial charge in [0.1, 0.15) is 0 Å². The molecular weight excluding hydrogens is 471 g/mol. The van der Waals surface area contributed by atoms with Crippen LogP contribution in [0, 0.1) is 18.8 Å². The highest BCUT2D eigenvalue weighted by Gasteiger charge is 2.10. The maximum atomic E-state index is 4.34. The van der Waals surface area contributed by atoms with Crippen LogP contribution < -0.4 is 10.6 Å². The van der Waals surface area contributed by atoms with Crippen molar-refractivity contribution >= 4 is 69.2 Å². The second-order valence-corrected chi connectivity index (χ2v) is 7.38. The molecule has 0 fully saturated rings. The van der Waals surface area contributed by atoms with E-state index in [4.69, 9.17) is 0 Å². The highest BCUT2D eigenvalue weighted by Crippen LogP contribution is 2.32. The van der Waals surface area contributed by atoms with Crippen LogP contribution in [0.4, 0.5) is 5.95 Å². The summed E-state index contributed by atoms with van der Waals surface area (Å²) in [4.78, 5) is 9.95. The molecule has 0 radical (unpaired) electrons. The molecular formula is C17H21BrCl2N6S. The van der Waals surface area contributed by atoms with Crippen molar-refractivity contribution in [1.29, 1.82) is 0 Å². The number of thiophene rings is 1. The molecule has 0 amide bonds. The van der Waals surface area contributed by atoms with Crippen LogP contribution in [0.2, 0.25) is 0 Å². The maximum Gasteiger partial charge on any atom is 0.202 e. The summed E-state index contributed by atoms with van der Waals surface area (Å²) in [6, 6.07) is 1.86. The Balaban J connectivity index is 0.00000182. The zero-order valence-electron chi connectivity index (χ0n) is 14.9. The normalized spacial score (nSPS) is 9.89. The molecule has 146 valence electrons. The first-order valence-corrected chi connectivity index (χ1v) is 9.62. The molecule has 27 heavy (non-hydrogen) atoms. The van der Waals surface area contributed by atoms with Crippen molar-refractivity contribution in [2.24, 2.45) is 0 Å². The lowest BCUT2D eigenvalue weighted by atomic mass is 10.2. The molecule has 0 spiro atoms. The van der Waals surface area contributed by atoms with Gasteiger partial charge in [-0.15, -0.1) is 47.2 Å². The van der Waals surface area contributed by atoms with Gasteiger partial charge in [-0.25, -0.2) is 0 Å². The Hall–Kier alpha value is -1.37. The molecule has 3 N–H and O–H groups in total. The van der Waals surface area contributed by atoms with Gasteiger partial charge in [0, 0.05) is 22.4 Å². The van der Waals surface area contributed by atoms with Gasteiger partial charge < -0.3 is 15.6 Å². The third kappa shape index (κ3) is 6.06. The summed E-state index contributed by atoms with van der Waals surface area (Å²) in [5, 5.41) is 14.6. The van der Waals surface area contributed by atoms with Crippen LogP contribution >= 0.6 is 52.1 Å². The number of nitrogens with one attached hydrogen (secondary N) is 3. The van der Waals surface area contributed by atoms with Gasteiger partial charge in [0.2, 0.25) is 11.6 Å². The Morgan fingerprint density at radius 2 is 2.11 bits per heavy atom. The van der Waals surface area contributed by atoms with Crippen LogP contribution in [0.3, 0.4) is 0 Å². The van der Waals surface area contributed by atoms with Crippen molar-refractivity contribution < 1.29 is 0 Å². The Bertz CT molecular complexity index is 898. The van der Waals surface area contributed by atoms with Gasteiger partial charge in [-0.05, 0) is 54.4 Å². The van der Waals surface area contributed by atoms with Crippen molar-refractivity contribution in [1.82, 2.24) is 25.5 Å². The van der Waals surface area contributed by atoms with Gasteiger partial charge in [0.25, 0.3) is 0 Å². The number of halogens is 3. The molecule has 0 bridgehead atoms. The first kappa shape index (κ1) is 23.7. The number of fused-ring (bicyclic) bond motifs is 1. The molecule has 0 aliphatic heterocycles. The Kier molecular flexibility index (Phi) is 10.1. The topological polar surface area (TPSA) is 78.5 Å². The van der Waals surface area contributed by atoms with Crippen LogP contribution in [-0.2, 0) is 6.54 Å². The van der Waals surface area contributed by atoms with Gasteiger partial charge in [-0.3, -0.25) is 0 Å². The summed E-state index contributed by atoms with van der Waals surface area (Å²) in [5.41, 5.74) is 2.80. The molecule has 3 aromatic heterocycles. The number of rotatable bonds is 7. The van der Waals surface area contributed by atoms with E-state index >= 15 is 0 Å². The van der Waals surface area contributed by atoms with E-state index in [1.54, 1.807) is 17.5 Å². The monoisotopic (exact) mass is 490 g/mol. The third-order valence-electron chi connectivity index (χ3n) is 3.69. The number of hydrogen-bond acceptors (Lipinski definition) is 6. The van der Waals surface area contributed by atoms with Crippen LogP contribution in [0.5, 0.6) is 0 Å². The number of nitrogens with zero attached hydrogens (tertiary/aromatic N) is 3. The van der Waals surface area contributed by atoms with Crippen molar-refractivity contribution in [2.75, 3.05) is 18.4 Å². The van der Waals surface area contributed by atoms with Gasteiger partial charge in [-0.2, -0.15) is 10.1 Å². The van der Waals surface area contributed by atoms with Gasteiger partial charge in [-0.1, -0.05) is 5.92 Å². The number of anilines is 1. The molecule has 0 saturated carbocycles. The summed E-state index contributed by atoms with van der Waals surface area (Å²) >= 11 is 5.37. The zero-order chi connectivity index (χ0) is 17.6. The number of imidazole rings is 1. The molecule has 0 aliphatic carbocycles. The lowest BCUT2D eigenvalue weighted by Crippen LogP contribution is -2.17. The summed E-state index contributed by atoms with van der Waals surface area (Å²) < 4.78 is 1.12. The Labute approximate surface area is 183 Å². The quantitative estimate of drug-likeness (QED) is 0.339. The van der Waals surface area contributed by atoms with Crippen molar-refractivity contribution in [3.63, 3.8) is 0 Å². The number of H-pyrrole nitrogens is 1. The number of hydrogen-bond donors (Lipinski definition) is 3. The second kappa shape index (κ2) is 11.5. The minimum absolute atomic E-state index is 0. The summed E-state index contributed by atoms with van der Waals surface area (Å²) in [5.74, 6) is 6.83. The average Bonchev–Trinajstić information content (AvgIpc) is 3.14. The minimum atomic E-state index is 0. The SMILES string of the molecule is CC#Cc1sc(CNCCCNc2nc3nnccc3[nH]2)c(C)c1Br.Cl.Cl. The zero-order valence-corrected chi connectivity index (χ0v) is 19.0.